The molecule has 0 saturated heterocycles. The molecule has 26 aromatic rings. The number of para-hydroxylation sites is 6. The second kappa shape index (κ2) is 36.6. The van der Waals surface area contributed by atoms with Crippen molar-refractivity contribution in [2.75, 3.05) is 0 Å². The first kappa shape index (κ1) is 85.4. The molecule has 1 aliphatic carbocycles. The van der Waals surface area contributed by atoms with Gasteiger partial charge in [-0.25, -0.2) is 19.9 Å². The lowest BCUT2D eigenvalue weighted by Gasteiger charge is -2.29. The van der Waals surface area contributed by atoms with Crippen molar-refractivity contribution in [2.45, 2.75) is 50.9 Å². The van der Waals surface area contributed by atoms with E-state index >= 15 is 0 Å². The first-order valence-electron chi connectivity index (χ1n) is 49.0. The van der Waals surface area contributed by atoms with E-state index in [0.29, 0.717) is 11.8 Å². The molecule has 0 amide bonds. The summed E-state index contributed by atoms with van der Waals surface area (Å²) >= 11 is 0. The highest BCUT2D eigenvalue weighted by Gasteiger charge is 2.32. The van der Waals surface area contributed by atoms with Crippen LogP contribution in [-0.4, -0.2) is 33.6 Å². The first-order chi connectivity index (χ1) is 69.8. The summed E-state index contributed by atoms with van der Waals surface area (Å²) in [7, 11) is -3.06. The van der Waals surface area contributed by atoms with Gasteiger partial charge >= 0.3 is 0 Å². The lowest BCUT2D eigenvalue weighted by molar-refractivity contribution is 0.391. The topological polar surface area (TPSA) is 83.4 Å². The minimum Gasteiger partial charge on any atom is -0.309 e. The molecule has 0 spiro atoms. The number of rotatable bonds is 15. The molecule has 670 valence electrons. The van der Waals surface area contributed by atoms with Gasteiger partial charge in [-0.2, -0.15) is 0 Å². The number of pyridine rings is 1. The third-order valence-corrected chi connectivity index (χ3v) is 32.0. The van der Waals surface area contributed by atoms with E-state index < -0.39 is 7.14 Å². The van der Waals surface area contributed by atoms with Crippen molar-refractivity contribution in [2.24, 2.45) is 0 Å². The van der Waals surface area contributed by atoms with Crippen LogP contribution in [0, 0.1) is 0 Å². The number of nitrogens with zero attached hydrogens (tertiary/aromatic N) is 7. The summed E-state index contributed by atoms with van der Waals surface area (Å²) in [5.41, 5.74) is 27.6. The molecular formula is C132H96N7OP. The maximum absolute atomic E-state index is 15.0. The van der Waals surface area contributed by atoms with E-state index in [4.69, 9.17) is 19.9 Å². The molecule has 0 radical (unpaired) electrons. The Morgan fingerprint density at radius 3 is 1.07 bits per heavy atom. The average Bonchev–Trinajstić information content (AvgIpc) is 1.64. The van der Waals surface area contributed by atoms with E-state index in [1.54, 1.807) is 0 Å². The molecule has 5 aromatic heterocycles. The van der Waals surface area contributed by atoms with Gasteiger partial charge in [-0.3, -0.25) is 4.57 Å². The molecule has 141 heavy (non-hydrogen) atoms. The Morgan fingerprint density at radius 2 is 0.603 bits per heavy atom. The van der Waals surface area contributed by atoms with Crippen LogP contribution < -0.4 is 15.9 Å². The number of benzene rings is 21. The van der Waals surface area contributed by atoms with Crippen molar-refractivity contribution in [3.8, 4) is 84.2 Å². The molecule has 9 heteroatoms. The van der Waals surface area contributed by atoms with Crippen LogP contribution in [0.3, 0.4) is 0 Å². The highest BCUT2D eigenvalue weighted by Crippen LogP contribution is 2.50. The quantitative estimate of drug-likeness (QED) is 0.0580. The number of aromatic nitrogens is 7. The summed E-state index contributed by atoms with van der Waals surface area (Å²) in [5.74, 6) is 2.83. The Balaban J connectivity index is 0.000000113. The van der Waals surface area contributed by atoms with Gasteiger partial charge in [-0.15, -0.1) is 0 Å². The first-order valence-corrected chi connectivity index (χ1v) is 50.7. The Bertz CT molecular complexity index is 8860. The molecule has 0 N–H and O–H groups in total. The van der Waals surface area contributed by atoms with Gasteiger partial charge in [0.1, 0.15) is 5.82 Å². The smallest absolute Gasteiger partial charge is 0.171 e. The summed E-state index contributed by atoms with van der Waals surface area (Å²) in [6.45, 7) is 2.17. The molecule has 8 nitrogen and oxygen atoms in total. The maximum atomic E-state index is 15.0. The number of hydrogen-bond acceptors (Lipinski definition) is 5. The van der Waals surface area contributed by atoms with Crippen LogP contribution in [0.2, 0.25) is 0 Å². The fraction of sp³-hybridized carbons (Fsp3) is 0.0606. The highest BCUT2D eigenvalue weighted by atomic mass is 31.2. The Morgan fingerprint density at radius 1 is 0.248 bits per heavy atom. The van der Waals surface area contributed by atoms with Crippen molar-refractivity contribution in [1.82, 2.24) is 33.6 Å². The fourth-order valence-electron chi connectivity index (χ4n) is 22.3. The zero-order chi connectivity index (χ0) is 93.9. The molecule has 27 rings (SSSR count). The van der Waals surface area contributed by atoms with Gasteiger partial charge in [0.05, 0.1) is 49.8 Å². The van der Waals surface area contributed by atoms with Crippen molar-refractivity contribution >= 4 is 143 Å². The van der Waals surface area contributed by atoms with Crippen LogP contribution >= 0.6 is 7.14 Å². The lowest BCUT2D eigenvalue weighted by Crippen LogP contribution is -2.24. The van der Waals surface area contributed by atoms with Crippen LogP contribution in [0.1, 0.15) is 61.5 Å². The summed E-state index contributed by atoms with van der Waals surface area (Å²) < 4.78 is 22.1. The standard InChI is InChI=1S/C52H40N4.C41H30N2.C39H26NOP/c1-3-15-35(16-4-1)36-27-29-37(30-28-36)46-34-47(54-52(53-46)38-17-5-2-6-18-38)39-31-40(55-48-23-11-7-19-42(48)43-20-8-12-24-49(43)55)33-41(32-39)56-50-25-13-9-21-44(50)45-22-10-14-26-51(45)56;1-2-39-42-37-18-10-11-19-38(37)43(39)32-26-24-31(25-27-32)41-35-16-8-6-14-33(35)40(34-15-7-9-17-36(34)41)30-22-20-29(21-23-30)28-12-4-3-5-13-28;41-42(30-13-3-1-4-14-30,31-15-5-2-6-16-31)32-23-19-29(20-24-32)37-35-25-21-27-11-7-9-17-33(27)38(35)40-39-34-18-10-8-12-28(34)22-26-36(37)39/h1-26,31-34,36-37H,27-30H2;3-27H,2H2,1H3;1-26H. The minimum absolute atomic E-state index is 0.372. The van der Waals surface area contributed by atoms with Crippen molar-refractivity contribution < 1.29 is 4.57 Å². The summed E-state index contributed by atoms with van der Waals surface area (Å²) in [6, 6.07) is 174. The summed E-state index contributed by atoms with van der Waals surface area (Å²) in [4.78, 5) is 20.9. The third kappa shape index (κ3) is 15.5. The number of imidazole rings is 1. The van der Waals surface area contributed by atoms with Gasteiger partial charge < -0.3 is 13.7 Å². The molecule has 21 aromatic carbocycles. The second-order valence-corrected chi connectivity index (χ2v) is 39.8. The maximum Gasteiger partial charge on any atom is 0.171 e. The fourth-order valence-corrected chi connectivity index (χ4v) is 24.9. The molecule has 1 fully saturated rings. The lowest BCUT2D eigenvalue weighted by atomic mass is 9.77. The van der Waals surface area contributed by atoms with Crippen molar-refractivity contribution in [3.63, 3.8) is 0 Å². The highest BCUT2D eigenvalue weighted by molar-refractivity contribution is 7.85. The van der Waals surface area contributed by atoms with Gasteiger partial charge in [0.25, 0.3) is 0 Å². The van der Waals surface area contributed by atoms with Crippen LogP contribution in [0.4, 0.5) is 0 Å². The average molecular weight is 1830 g/mol. The van der Waals surface area contributed by atoms with Crippen molar-refractivity contribution in [3.05, 3.63) is 508 Å². The van der Waals surface area contributed by atoms with E-state index in [2.05, 4.69) is 451 Å². The van der Waals surface area contributed by atoms with Crippen LogP contribution in [0.5, 0.6) is 0 Å². The van der Waals surface area contributed by atoms with E-state index in [1.165, 1.54) is 115 Å². The van der Waals surface area contributed by atoms with E-state index in [-0.39, 0.29) is 0 Å². The largest absolute Gasteiger partial charge is 0.309 e. The zero-order valence-corrected chi connectivity index (χ0v) is 78.8. The Kier molecular flexibility index (Phi) is 22.2. The molecule has 5 heterocycles. The third-order valence-electron chi connectivity index (χ3n) is 29.0. The summed E-state index contributed by atoms with van der Waals surface area (Å²) in [6.07, 6.45) is 5.42. The van der Waals surface area contributed by atoms with Crippen LogP contribution in [0.25, 0.3) is 204 Å². The van der Waals surface area contributed by atoms with Crippen LogP contribution in [-0.2, 0) is 11.0 Å². The van der Waals surface area contributed by atoms with Crippen LogP contribution in [0.15, 0.2) is 491 Å². The van der Waals surface area contributed by atoms with Crippen molar-refractivity contribution in [1.29, 1.82) is 0 Å². The minimum atomic E-state index is -3.06. The molecule has 1 aliphatic rings. The number of hydrogen-bond donors (Lipinski definition) is 0. The van der Waals surface area contributed by atoms with Gasteiger partial charge in [-0.05, 0) is 181 Å². The molecule has 0 unspecified atom stereocenters. The molecular weight excluding hydrogens is 1730 g/mol. The number of aryl methyl sites for hydroxylation is 1. The SMILES string of the molecule is CCc1nc2ccccc2n1-c1ccc(-c2c3ccccc3c(-c3ccc(-c4ccccc4)cc3)c3ccccc23)cc1.O=P(c1ccccc1)(c1ccccc1)c1ccc(-c2c3ccc4ccccc4c3nc3c2ccc2ccccc23)cc1.c1ccc(-c2nc(-c3cc(-n4c5ccccc5c5ccccc54)cc(-n4c5ccccc5c5ccccc54)c3)cc(C3CCC(c4ccccc4)CC3)n2)cc1. The monoisotopic (exact) mass is 1830 g/mol. The zero-order valence-electron chi connectivity index (χ0n) is 77.9. The predicted octanol–water partition coefficient (Wildman–Crippen LogP) is 33.3. The van der Waals surface area contributed by atoms with E-state index in [1.807, 2.05) is 60.7 Å². The van der Waals surface area contributed by atoms with Gasteiger partial charge in [0, 0.05) is 111 Å². The molecule has 0 aliphatic heterocycles. The Labute approximate surface area is 818 Å². The van der Waals surface area contributed by atoms with Gasteiger partial charge in [0.2, 0.25) is 0 Å². The number of fused-ring (bicyclic) bond motifs is 15. The molecule has 1 saturated carbocycles. The molecule has 0 bridgehead atoms. The van der Waals surface area contributed by atoms with Gasteiger partial charge in [0.15, 0.2) is 13.0 Å². The molecule has 0 atom stereocenters. The Hall–Kier alpha value is -17.3. The van der Waals surface area contributed by atoms with Gasteiger partial charge in [-0.1, -0.05) is 426 Å². The second-order valence-electron chi connectivity index (χ2n) is 37.0. The predicted molar refractivity (Wildman–Crippen MR) is 593 cm³/mol. The van der Waals surface area contributed by atoms with E-state index in [0.717, 1.165) is 154 Å². The van der Waals surface area contributed by atoms with E-state index in [9.17, 15) is 4.57 Å². The normalized spacial score (nSPS) is 13.4. The summed E-state index contributed by atoms with van der Waals surface area (Å²) in [5, 5.41) is 19.4.